The molecule has 5 heteroatoms. The maximum atomic E-state index is 13.8. The lowest BCUT2D eigenvalue weighted by Gasteiger charge is -2.56. The predicted molar refractivity (Wildman–Crippen MR) is 129 cm³/mol. The number of hydrogen-bond donors (Lipinski definition) is 2. The van der Waals surface area contributed by atoms with E-state index in [1.807, 2.05) is 6.20 Å². The van der Waals surface area contributed by atoms with Crippen molar-refractivity contribution in [3.8, 4) is 0 Å². The number of amides is 1. The second-order valence-corrected chi connectivity index (χ2v) is 12.1. The fourth-order valence-electron chi connectivity index (χ4n) is 8.78. The van der Waals surface area contributed by atoms with Gasteiger partial charge in [0.1, 0.15) is 11.4 Å². The summed E-state index contributed by atoms with van der Waals surface area (Å²) in [6, 6.07) is 11.0. The lowest BCUT2D eigenvalue weighted by atomic mass is 9.53. The van der Waals surface area contributed by atoms with E-state index in [1.54, 1.807) is 0 Å². The fraction of sp³-hybridized carbons (Fsp3) is 0.643. The Labute approximate surface area is 196 Å². The third-order valence-corrected chi connectivity index (χ3v) is 9.76. The van der Waals surface area contributed by atoms with Gasteiger partial charge in [-0.2, -0.15) is 5.10 Å². The van der Waals surface area contributed by atoms with Crippen molar-refractivity contribution in [3.63, 3.8) is 0 Å². The van der Waals surface area contributed by atoms with Crippen molar-refractivity contribution in [2.75, 3.05) is 5.32 Å². The van der Waals surface area contributed by atoms with Gasteiger partial charge in [0.05, 0.1) is 17.8 Å². The zero-order valence-electron chi connectivity index (χ0n) is 19.6. The van der Waals surface area contributed by atoms with E-state index in [1.165, 1.54) is 63.4 Å². The van der Waals surface area contributed by atoms with Crippen molar-refractivity contribution in [1.29, 1.82) is 0 Å². The monoisotopic (exact) mass is 444 g/mol. The molecule has 1 aromatic carbocycles. The lowest BCUT2D eigenvalue weighted by molar-refractivity contribution is -0.0166. The first-order chi connectivity index (χ1) is 16.1. The second-order valence-electron chi connectivity index (χ2n) is 12.1. The average molecular weight is 445 g/mol. The van der Waals surface area contributed by atoms with E-state index in [-0.39, 0.29) is 23.0 Å². The molecule has 2 heterocycles. The molecule has 1 spiro atoms. The molecule has 5 fully saturated rings. The van der Waals surface area contributed by atoms with Crippen LogP contribution in [0.5, 0.6) is 0 Å². The summed E-state index contributed by atoms with van der Waals surface area (Å²) in [6.45, 7) is 0. The van der Waals surface area contributed by atoms with Gasteiger partial charge in [-0.25, -0.2) is 4.68 Å². The van der Waals surface area contributed by atoms with Crippen molar-refractivity contribution in [2.24, 2.45) is 17.8 Å². The molecule has 0 saturated heterocycles. The van der Waals surface area contributed by atoms with Crippen molar-refractivity contribution in [2.45, 2.75) is 94.2 Å². The molecule has 8 rings (SSSR count). The summed E-state index contributed by atoms with van der Waals surface area (Å²) in [7, 11) is 0. The van der Waals surface area contributed by atoms with Gasteiger partial charge in [-0.3, -0.25) is 4.79 Å². The summed E-state index contributed by atoms with van der Waals surface area (Å²) in [6.07, 6.45) is 16.7. The van der Waals surface area contributed by atoms with E-state index in [4.69, 9.17) is 5.10 Å². The molecule has 0 radical (unpaired) electrons. The summed E-state index contributed by atoms with van der Waals surface area (Å²) in [5.41, 5.74) is 2.11. The summed E-state index contributed by atoms with van der Waals surface area (Å²) in [4.78, 5) is 13.8. The van der Waals surface area contributed by atoms with Crippen LogP contribution < -0.4 is 10.6 Å². The van der Waals surface area contributed by atoms with Gasteiger partial charge in [0, 0.05) is 5.54 Å². The van der Waals surface area contributed by atoms with E-state index < -0.39 is 0 Å². The molecule has 2 N–H and O–H groups in total. The Morgan fingerprint density at radius 3 is 2.27 bits per heavy atom. The van der Waals surface area contributed by atoms with E-state index in [0.29, 0.717) is 0 Å². The van der Waals surface area contributed by atoms with Crippen LogP contribution in [0.4, 0.5) is 5.82 Å². The normalized spacial score (nSPS) is 35.8. The number of carbonyl (C=O) groups is 1. The number of nitrogens with one attached hydrogen (secondary N) is 2. The van der Waals surface area contributed by atoms with Gasteiger partial charge in [0.25, 0.3) is 5.91 Å². The third kappa shape index (κ3) is 3.25. The Morgan fingerprint density at radius 2 is 1.61 bits per heavy atom. The van der Waals surface area contributed by atoms with Gasteiger partial charge >= 0.3 is 0 Å². The maximum absolute atomic E-state index is 13.8. The quantitative estimate of drug-likeness (QED) is 0.629. The number of aromatic nitrogens is 2. The average Bonchev–Trinajstić information content (AvgIpc) is 3.24. The molecule has 5 saturated carbocycles. The van der Waals surface area contributed by atoms with E-state index in [9.17, 15) is 4.79 Å². The fourth-order valence-corrected chi connectivity index (χ4v) is 8.78. The van der Waals surface area contributed by atoms with Crippen LogP contribution in [0.15, 0.2) is 36.5 Å². The van der Waals surface area contributed by atoms with Gasteiger partial charge in [-0.1, -0.05) is 49.6 Å². The van der Waals surface area contributed by atoms with Crippen LogP contribution in [0.3, 0.4) is 0 Å². The summed E-state index contributed by atoms with van der Waals surface area (Å²) in [5.74, 6) is 3.50. The standard InChI is InChI=1S/C28H36N4O/c33-26(31-27-14-19-11-20(15-27)13-21(12-19)16-27)23-18-29-32-25(23)30-24(22-7-3-1-4-8-22)17-28(32)9-5-2-6-10-28/h1,3-4,7-8,18-21,24,30H,2,5-6,9-17H2,(H,31,33). The van der Waals surface area contributed by atoms with E-state index in [2.05, 4.69) is 45.6 Å². The van der Waals surface area contributed by atoms with E-state index in [0.717, 1.165) is 48.4 Å². The molecule has 6 aliphatic rings. The van der Waals surface area contributed by atoms with Gasteiger partial charge < -0.3 is 10.6 Å². The Kier molecular flexibility index (Phi) is 4.48. The number of rotatable bonds is 3. The molecule has 33 heavy (non-hydrogen) atoms. The Balaban J connectivity index is 1.22. The molecule has 5 aliphatic carbocycles. The van der Waals surface area contributed by atoms with Crippen LogP contribution in [-0.4, -0.2) is 21.2 Å². The third-order valence-electron chi connectivity index (χ3n) is 9.76. The number of fused-ring (bicyclic) bond motifs is 2. The van der Waals surface area contributed by atoms with Crippen LogP contribution in [-0.2, 0) is 5.54 Å². The second kappa shape index (κ2) is 7.35. The molecule has 2 aromatic rings. The zero-order valence-corrected chi connectivity index (χ0v) is 19.6. The molecule has 1 unspecified atom stereocenters. The first kappa shape index (κ1) is 20.1. The number of benzene rings is 1. The Hall–Kier alpha value is -2.30. The maximum Gasteiger partial charge on any atom is 0.257 e. The number of hydrogen-bond acceptors (Lipinski definition) is 3. The minimum atomic E-state index is 0.0245. The molecule has 4 bridgehead atoms. The largest absolute Gasteiger partial charge is 0.363 e. The summed E-state index contributed by atoms with van der Waals surface area (Å²) < 4.78 is 2.21. The smallest absolute Gasteiger partial charge is 0.257 e. The minimum absolute atomic E-state index is 0.0245. The van der Waals surface area contributed by atoms with Crippen molar-refractivity contribution in [1.82, 2.24) is 15.1 Å². The zero-order chi connectivity index (χ0) is 22.0. The topological polar surface area (TPSA) is 59.0 Å². The molecular formula is C28H36N4O. The summed E-state index contributed by atoms with van der Waals surface area (Å²) in [5, 5.41) is 12.2. The molecule has 1 atom stereocenters. The van der Waals surface area contributed by atoms with Crippen LogP contribution in [0.1, 0.15) is 99.0 Å². The Bertz CT molecular complexity index is 1020. The van der Waals surface area contributed by atoms with Crippen molar-refractivity contribution in [3.05, 3.63) is 47.7 Å². The predicted octanol–water partition coefficient (Wildman–Crippen LogP) is 5.80. The van der Waals surface area contributed by atoms with Gasteiger partial charge in [-0.05, 0) is 81.1 Å². The highest BCUT2D eigenvalue weighted by Gasteiger charge is 2.52. The molecule has 1 aliphatic heterocycles. The molecule has 1 aromatic heterocycles. The summed E-state index contributed by atoms with van der Waals surface area (Å²) >= 11 is 0. The highest BCUT2D eigenvalue weighted by Crippen LogP contribution is 2.56. The van der Waals surface area contributed by atoms with Crippen LogP contribution in [0.25, 0.3) is 0 Å². The Morgan fingerprint density at radius 1 is 0.939 bits per heavy atom. The minimum Gasteiger partial charge on any atom is -0.363 e. The molecule has 1 amide bonds. The molecule has 5 nitrogen and oxygen atoms in total. The number of anilines is 1. The van der Waals surface area contributed by atoms with Gasteiger partial charge in [0.15, 0.2) is 0 Å². The van der Waals surface area contributed by atoms with Gasteiger partial charge in [-0.15, -0.1) is 0 Å². The van der Waals surface area contributed by atoms with E-state index >= 15 is 0 Å². The van der Waals surface area contributed by atoms with Crippen LogP contribution in [0.2, 0.25) is 0 Å². The highest BCUT2D eigenvalue weighted by molar-refractivity contribution is 5.99. The highest BCUT2D eigenvalue weighted by atomic mass is 16.2. The van der Waals surface area contributed by atoms with Crippen LogP contribution >= 0.6 is 0 Å². The van der Waals surface area contributed by atoms with Crippen molar-refractivity contribution < 1.29 is 4.79 Å². The van der Waals surface area contributed by atoms with Gasteiger partial charge in [0.2, 0.25) is 0 Å². The van der Waals surface area contributed by atoms with Crippen molar-refractivity contribution >= 4 is 11.7 Å². The number of nitrogens with zero attached hydrogens (tertiary/aromatic N) is 2. The lowest BCUT2D eigenvalue weighted by Crippen LogP contribution is -2.59. The van der Waals surface area contributed by atoms with Crippen LogP contribution in [0, 0.1) is 17.8 Å². The molecule has 174 valence electrons. The first-order valence-corrected chi connectivity index (χ1v) is 13.3. The molecular weight excluding hydrogens is 408 g/mol. The number of carbonyl (C=O) groups excluding carboxylic acids is 1. The SMILES string of the molecule is O=C(NC12CC3CC(CC(C3)C1)C2)c1cnn2c1NC(c1ccccc1)CC21CCCCC1. The first-order valence-electron chi connectivity index (χ1n) is 13.3.